The van der Waals surface area contributed by atoms with Crippen molar-refractivity contribution in [3.05, 3.63) is 96.1 Å². The van der Waals surface area contributed by atoms with Gasteiger partial charge in [-0.25, -0.2) is 0 Å². The summed E-state index contributed by atoms with van der Waals surface area (Å²) in [5.41, 5.74) is 12.3. The number of nitrogens with one attached hydrogen (secondary N) is 3. The number of fused-ring (bicyclic) bond motifs is 1. The molecule has 198 valence electrons. The number of aromatic nitrogens is 3. The zero-order chi connectivity index (χ0) is 26.8. The van der Waals surface area contributed by atoms with E-state index in [0.29, 0.717) is 24.0 Å². The molecule has 0 unspecified atom stereocenters. The topological polar surface area (TPSA) is 104 Å². The second kappa shape index (κ2) is 10.7. The fraction of sp³-hybridized carbons (Fsp3) is 0.226. The molecule has 1 amide bonds. The summed E-state index contributed by atoms with van der Waals surface area (Å²) in [7, 11) is 2.16. The molecule has 0 radical (unpaired) electrons. The Morgan fingerprint density at radius 1 is 1.00 bits per heavy atom. The van der Waals surface area contributed by atoms with Crippen molar-refractivity contribution in [2.75, 3.05) is 36.5 Å². The predicted molar refractivity (Wildman–Crippen MR) is 158 cm³/mol. The third-order valence-corrected chi connectivity index (χ3v) is 7.46. The highest BCUT2D eigenvalue weighted by molar-refractivity contribution is 6.04. The molecule has 8 heteroatoms. The highest BCUT2D eigenvalue weighted by atomic mass is 16.1. The van der Waals surface area contributed by atoms with Crippen LogP contribution in [0.5, 0.6) is 0 Å². The Morgan fingerprint density at radius 3 is 2.51 bits per heavy atom. The van der Waals surface area contributed by atoms with Gasteiger partial charge in [0.25, 0.3) is 5.91 Å². The van der Waals surface area contributed by atoms with Crippen LogP contribution >= 0.6 is 0 Å². The van der Waals surface area contributed by atoms with E-state index in [1.54, 1.807) is 0 Å². The van der Waals surface area contributed by atoms with Gasteiger partial charge in [-0.15, -0.1) is 0 Å². The molecule has 0 spiro atoms. The van der Waals surface area contributed by atoms with Crippen LogP contribution in [0.1, 0.15) is 28.8 Å². The van der Waals surface area contributed by atoms with Crippen molar-refractivity contribution in [3.8, 4) is 11.4 Å². The molecular weight excluding hydrogens is 486 g/mol. The summed E-state index contributed by atoms with van der Waals surface area (Å²) >= 11 is 0. The van der Waals surface area contributed by atoms with Crippen LogP contribution in [0, 0.1) is 0 Å². The first-order valence-electron chi connectivity index (χ1n) is 13.4. The molecule has 0 bridgehead atoms. The fourth-order valence-corrected chi connectivity index (χ4v) is 5.22. The largest absolute Gasteiger partial charge is 0.399 e. The van der Waals surface area contributed by atoms with Crippen molar-refractivity contribution >= 4 is 34.0 Å². The van der Waals surface area contributed by atoms with Gasteiger partial charge in [-0.05, 0) is 87.1 Å². The maximum absolute atomic E-state index is 13.0. The minimum atomic E-state index is -0.182. The average Bonchev–Trinajstić information content (AvgIpc) is 3.56. The van der Waals surface area contributed by atoms with Crippen molar-refractivity contribution in [1.82, 2.24) is 19.7 Å². The number of benzene rings is 3. The lowest BCUT2D eigenvalue weighted by Gasteiger charge is -2.30. The van der Waals surface area contributed by atoms with Crippen LogP contribution in [-0.4, -0.2) is 51.8 Å². The second-order valence-corrected chi connectivity index (χ2v) is 10.3. The van der Waals surface area contributed by atoms with Crippen molar-refractivity contribution in [2.45, 2.75) is 25.4 Å². The number of nitrogens with two attached hydrogens (primary N) is 1. The minimum absolute atomic E-state index is 0.182. The summed E-state index contributed by atoms with van der Waals surface area (Å²) < 4.78 is 2.23. The average molecular weight is 520 g/mol. The maximum Gasteiger partial charge on any atom is 0.256 e. The predicted octanol–water partition coefficient (Wildman–Crippen LogP) is 5.42. The van der Waals surface area contributed by atoms with Crippen LogP contribution in [0.3, 0.4) is 0 Å². The van der Waals surface area contributed by atoms with Crippen LogP contribution in [0.15, 0.2) is 84.9 Å². The van der Waals surface area contributed by atoms with Gasteiger partial charge in [0, 0.05) is 46.5 Å². The van der Waals surface area contributed by atoms with E-state index in [1.807, 2.05) is 66.7 Å². The van der Waals surface area contributed by atoms with Crippen LogP contribution in [-0.2, 0) is 6.54 Å². The lowest BCUT2D eigenvalue weighted by molar-refractivity contribution is 0.102. The number of carbonyl (C=O) groups excluding carboxylic acids is 1. The molecule has 5 aromatic rings. The van der Waals surface area contributed by atoms with Gasteiger partial charge in [0.15, 0.2) is 0 Å². The highest BCUT2D eigenvalue weighted by Crippen LogP contribution is 2.29. The van der Waals surface area contributed by atoms with Gasteiger partial charge in [-0.2, -0.15) is 5.10 Å². The Labute approximate surface area is 227 Å². The van der Waals surface area contributed by atoms with Gasteiger partial charge in [-0.3, -0.25) is 9.89 Å². The van der Waals surface area contributed by atoms with E-state index in [0.717, 1.165) is 65.2 Å². The Kier molecular flexibility index (Phi) is 6.77. The van der Waals surface area contributed by atoms with Crippen LogP contribution in [0.4, 0.5) is 17.2 Å². The van der Waals surface area contributed by atoms with Gasteiger partial charge in [0.1, 0.15) is 11.5 Å². The molecule has 1 aliphatic rings. The normalized spacial score (nSPS) is 14.5. The molecule has 2 aromatic heterocycles. The summed E-state index contributed by atoms with van der Waals surface area (Å²) in [6.45, 7) is 2.88. The SMILES string of the molecule is CN1CCC(Nc2ccc(C(=O)Nc3cc(-c4cc5ccccc5n4Cc4ccc(N)cc4)n[nH]3)cc2)CC1. The summed E-state index contributed by atoms with van der Waals surface area (Å²) in [5, 5.41) is 15.2. The molecule has 1 aliphatic heterocycles. The quantitative estimate of drug-likeness (QED) is 0.215. The first kappa shape index (κ1) is 24.8. The zero-order valence-corrected chi connectivity index (χ0v) is 22.0. The molecule has 6 rings (SSSR count). The number of para-hydroxylation sites is 1. The van der Waals surface area contributed by atoms with Crippen molar-refractivity contribution < 1.29 is 4.79 Å². The summed E-state index contributed by atoms with van der Waals surface area (Å²) in [6, 6.07) is 28.3. The summed E-state index contributed by atoms with van der Waals surface area (Å²) in [4.78, 5) is 15.3. The Bertz CT molecular complexity index is 1580. The molecule has 3 heterocycles. The number of nitrogen functional groups attached to an aromatic ring is 1. The number of aromatic amines is 1. The number of amides is 1. The number of likely N-dealkylation sites (tertiary alicyclic amines) is 1. The summed E-state index contributed by atoms with van der Waals surface area (Å²) in [6.07, 6.45) is 2.25. The van der Waals surface area contributed by atoms with E-state index in [1.165, 1.54) is 0 Å². The number of anilines is 3. The molecule has 1 saturated heterocycles. The Hall–Kier alpha value is -4.56. The lowest BCUT2D eigenvalue weighted by Crippen LogP contribution is -2.36. The number of hydrogen-bond acceptors (Lipinski definition) is 5. The third-order valence-electron chi connectivity index (χ3n) is 7.46. The second-order valence-electron chi connectivity index (χ2n) is 10.3. The number of H-pyrrole nitrogens is 1. The standard InChI is InChI=1S/C31H33N7O/c1-37-16-14-26(15-17-37)33-25-12-8-22(9-13-25)31(39)34-30-19-27(35-36-30)29-18-23-4-2-3-5-28(23)38(29)20-21-6-10-24(32)11-7-21/h2-13,18-19,26,33H,14-17,20,32H2,1H3,(H2,34,35,36,39). The Morgan fingerprint density at radius 2 is 1.74 bits per heavy atom. The van der Waals surface area contributed by atoms with Gasteiger partial charge in [0.2, 0.25) is 0 Å². The van der Waals surface area contributed by atoms with Crippen LogP contribution < -0.4 is 16.4 Å². The third kappa shape index (κ3) is 5.51. The van der Waals surface area contributed by atoms with Gasteiger partial charge < -0.3 is 25.8 Å². The van der Waals surface area contributed by atoms with Gasteiger partial charge in [-0.1, -0.05) is 30.3 Å². The lowest BCUT2D eigenvalue weighted by atomic mass is 10.0. The first-order chi connectivity index (χ1) is 19.0. The molecular formula is C31H33N7O. The van der Waals surface area contributed by atoms with Gasteiger partial charge in [0.05, 0.1) is 5.69 Å². The number of carbonyl (C=O) groups is 1. The maximum atomic E-state index is 13.0. The molecule has 0 atom stereocenters. The molecule has 8 nitrogen and oxygen atoms in total. The molecule has 1 fully saturated rings. The first-order valence-corrected chi connectivity index (χ1v) is 13.4. The molecule has 0 aliphatic carbocycles. The van der Waals surface area contributed by atoms with Crippen molar-refractivity contribution in [3.63, 3.8) is 0 Å². The minimum Gasteiger partial charge on any atom is -0.399 e. The fourth-order valence-electron chi connectivity index (χ4n) is 5.22. The number of rotatable bonds is 7. The van der Waals surface area contributed by atoms with Gasteiger partial charge >= 0.3 is 0 Å². The Balaban J connectivity index is 1.17. The van der Waals surface area contributed by atoms with Crippen molar-refractivity contribution in [2.24, 2.45) is 0 Å². The van der Waals surface area contributed by atoms with E-state index < -0.39 is 0 Å². The van der Waals surface area contributed by atoms with E-state index in [2.05, 4.69) is 55.5 Å². The van der Waals surface area contributed by atoms with Crippen molar-refractivity contribution in [1.29, 1.82) is 0 Å². The van der Waals surface area contributed by atoms with E-state index >= 15 is 0 Å². The van der Waals surface area contributed by atoms with Crippen LogP contribution in [0.25, 0.3) is 22.3 Å². The molecule has 3 aromatic carbocycles. The molecule has 5 N–H and O–H groups in total. The summed E-state index contributed by atoms with van der Waals surface area (Å²) in [5.74, 6) is 0.367. The number of nitrogens with zero attached hydrogens (tertiary/aromatic N) is 3. The molecule has 39 heavy (non-hydrogen) atoms. The number of piperidine rings is 1. The van der Waals surface area contributed by atoms with Crippen LogP contribution in [0.2, 0.25) is 0 Å². The molecule has 0 saturated carbocycles. The highest BCUT2D eigenvalue weighted by Gasteiger charge is 2.17. The number of hydrogen-bond donors (Lipinski definition) is 4. The smallest absolute Gasteiger partial charge is 0.256 e. The monoisotopic (exact) mass is 519 g/mol. The van der Waals surface area contributed by atoms with E-state index in [-0.39, 0.29) is 5.91 Å². The van der Waals surface area contributed by atoms with E-state index in [9.17, 15) is 4.79 Å². The van der Waals surface area contributed by atoms with E-state index in [4.69, 9.17) is 5.73 Å². The zero-order valence-electron chi connectivity index (χ0n) is 22.0.